The first-order chi connectivity index (χ1) is 13.0. The third kappa shape index (κ3) is 5.06. The Hall–Kier alpha value is -2.89. The molecule has 6 heteroatoms. The van der Waals surface area contributed by atoms with E-state index in [-0.39, 0.29) is 23.5 Å². The molecule has 27 heavy (non-hydrogen) atoms. The second kappa shape index (κ2) is 8.66. The van der Waals surface area contributed by atoms with E-state index in [9.17, 15) is 14.0 Å². The molecule has 0 aliphatic carbocycles. The zero-order valence-electron chi connectivity index (χ0n) is 15.3. The molecule has 1 aliphatic heterocycles. The first-order valence-electron chi connectivity index (χ1n) is 9.02. The molecule has 142 valence electrons. The number of rotatable bonds is 5. The topological polar surface area (TPSA) is 58.6 Å². The lowest BCUT2D eigenvalue weighted by molar-refractivity contribution is -0.133. The average Bonchev–Trinajstić information content (AvgIpc) is 2.70. The van der Waals surface area contributed by atoms with Crippen LogP contribution in [0.15, 0.2) is 48.5 Å². The Bertz CT molecular complexity index is 782. The van der Waals surface area contributed by atoms with Crippen molar-refractivity contribution in [3.8, 4) is 5.75 Å². The minimum absolute atomic E-state index is 0.0672. The number of likely N-dealkylation sites (tertiary alicyclic amines) is 1. The van der Waals surface area contributed by atoms with Crippen molar-refractivity contribution in [3.63, 3.8) is 0 Å². The summed E-state index contributed by atoms with van der Waals surface area (Å²) in [6, 6.07) is 13.2. The molecule has 0 saturated carbocycles. The van der Waals surface area contributed by atoms with Crippen LogP contribution in [0.1, 0.15) is 18.4 Å². The van der Waals surface area contributed by atoms with Crippen molar-refractivity contribution < 1.29 is 18.7 Å². The highest BCUT2D eigenvalue weighted by molar-refractivity contribution is 5.92. The molecule has 2 amide bonds. The number of benzene rings is 2. The van der Waals surface area contributed by atoms with E-state index in [2.05, 4.69) is 5.32 Å². The summed E-state index contributed by atoms with van der Waals surface area (Å²) in [7, 11) is 1.61. The normalized spacial score (nSPS) is 14.7. The predicted molar refractivity (Wildman–Crippen MR) is 101 cm³/mol. The van der Waals surface area contributed by atoms with E-state index in [1.807, 2.05) is 29.2 Å². The molecule has 0 aromatic heterocycles. The van der Waals surface area contributed by atoms with Gasteiger partial charge in [-0.3, -0.25) is 9.59 Å². The summed E-state index contributed by atoms with van der Waals surface area (Å²) in [5.41, 5.74) is 1.52. The first-order valence-corrected chi connectivity index (χ1v) is 9.02. The van der Waals surface area contributed by atoms with Gasteiger partial charge in [0, 0.05) is 24.7 Å². The zero-order valence-corrected chi connectivity index (χ0v) is 15.3. The van der Waals surface area contributed by atoms with E-state index < -0.39 is 0 Å². The minimum atomic E-state index is -0.336. The summed E-state index contributed by atoms with van der Waals surface area (Å²) < 4.78 is 18.1. The predicted octanol–water partition coefficient (Wildman–Crippen LogP) is 3.25. The van der Waals surface area contributed by atoms with Crippen LogP contribution >= 0.6 is 0 Å². The monoisotopic (exact) mass is 370 g/mol. The van der Waals surface area contributed by atoms with Gasteiger partial charge in [-0.1, -0.05) is 12.1 Å². The molecule has 2 aromatic rings. The summed E-state index contributed by atoms with van der Waals surface area (Å²) in [4.78, 5) is 26.7. The number of hydrogen-bond donors (Lipinski definition) is 1. The van der Waals surface area contributed by atoms with Crippen LogP contribution in [-0.2, 0) is 16.0 Å². The van der Waals surface area contributed by atoms with E-state index in [4.69, 9.17) is 4.74 Å². The molecule has 1 fully saturated rings. The molecule has 5 nitrogen and oxygen atoms in total. The Kier molecular flexibility index (Phi) is 6.06. The molecule has 2 aromatic carbocycles. The molecule has 1 saturated heterocycles. The van der Waals surface area contributed by atoms with Gasteiger partial charge in [-0.15, -0.1) is 0 Å². The number of nitrogens with zero attached hydrogens (tertiary/aromatic N) is 1. The fourth-order valence-electron chi connectivity index (χ4n) is 3.20. The van der Waals surface area contributed by atoms with Crippen LogP contribution in [0.3, 0.4) is 0 Å². The third-order valence-electron chi connectivity index (χ3n) is 4.84. The van der Waals surface area contributed by atoms with Crippen LogP contribution < -0.4 is 10.1 Å². The van der Waals surface area contributed by atoms with E-state index in [0.717, 1.165) is 11.3 Å². The Balaban J connectivity index is 1.47. The van der Waals surface area contributed by atoms with Gasteiger partial charge in [0.1, 0.15) is 11.6 Å². The maximum absolute atomic E-state index is 12.9. The van der Waals surface area contributed by atoms with Crippen molar-refractivity contribution in [2.45, 2.75) is 19.3 Å². The van der Waals surface area contributed by atoms with Gasteiger partial charge in [-0.05, 0) is 54.8 Å². The van der Waals surface area contributed by atoms with Gasteiger partial charge in [0.15, 0.2) is 0 Å². The molecule has 1 N–H and O–H groups in total. The van der Waals surface area contributed by atoms with Gasteiger partial charge >= 0.3 is 0 Å². The number of carbonyl (C=O) groups is 2. The molecule has 3 rings (SSSR count). The minimum Gasteiger partial charge on any atom is -0.497 e. The number of hydrogen-bond acceptors (Lipinski definition) is 3. The van der Waals surface area contributed by atoms with Crippen LogP contribution in [0.4, 0.5) is 10.1 Å². The number of carbonyl (C=O) groups excluding carboxylic acids is 2. The highest BCUT2D eigenvalue weighted by Gasteiger charge is 2.27. The number of anilines is 1. The smallest absolute Gasteiger partial charge is 0.227 e. The maximum Gasteiger partial charge on any atom is 0.227 e. The summed E-state index contributed by atoms with van der Waals surface area (Å²) in [5, 5.41) is 2.81. The number of piperidine rings is 1. The number of ether oxygens (including phenoxy) is 1. The van der Waals surface area contributed by atoms with Gasteiger partial charge in [-0.25, -0.2) is 4.39 Å². The first kappa shape index (κ1) is 18.9. The lowest BCUT2D eigenvalue weighted by atomic mass is 9.95. The Morgan fingerprint density at radius 2 is 1.70 bits per heavy atom. The Morgan fingerprint density at radius 1 is 1.07 bits per heavy atom. The summed E-state index contributed by atoms with van der Waals surface area (Å²) >= 11 is 0. The van der Waals surface area contributed by atoms with Gasteiger partial charge in [0.25, 0.3) is 0 Å². The summed E-state index contributed by atoms with van der Waals surface area (Å²) in [5.74, 6) is 0.275. The molecule has 0 atom stereocenters. The van der Waals surface area contributed by atoms with Crippen molar-refractivity contribution in [1.82, 2.24) is 4.90 Å². The number of amides is 2. The zero-order chi connectivity index (χ0) is 19.2. The quantitative estimate of drug-likeness (QED) is 0.879. The van der Waals surface area contributed by atoms with E-state index in [0.29, 0.717) is 38.0 Å². The maximum atomic E-state index is 12.9. The summed E-state index contributed by atoms with van der Waals surface area (Å²) in [6.07, 6.45) is 1.60. The molecule has 0 unspecified atom stereocenters. The Labute approximate surface area is 158 Å². The van der Waals surface area contributed by atoms with Gasteiger partial charge in [0.05, 0.1) is 13.5 Å². The lowest BCUT2D eigenvalue weighted by Gasteiger charge is -2.31. The lowest BCUT2D eigenvalue weighted by Crippen LogP contribution is -2.42. The highest BCUT2D eigenvalue weighted by Crippen LogP contribution is 2.21. The fraction of sp³-hybridized carbons (Fsp3) is 0.333. The number of nitrogens with one attached hydrogen (secondary N) is 1. The average molecular weight is 370 g/mol. The van der Waals surface area contributed by atoms with Gasteiger partial charge in [0.2, 0.25) is 11.8 Å². The standard InChI is InChI=1S/C21H23FN2O3/c1-27-19-8-2-15(3-9-19)14-20(25)24-12-10-16(11-13-24)21(26)23-18-6-4-17(22)5-7-18/h2-9,16H,10-14H2,1H3,(H,23,26). The second-order valence-corrected chi connectivity index (χ2v) is 6.68. The molecule has 0 radical (unpaired) electrons. The van der Waals surface area contributed by atoms with E-state index in [1.54, 1.807) is 19.2 Å². The SMILES string of the molecule is COc1ccc(CC(=O)N2CCC(C(=O)Nc3ccc(F)cc3)CC2)cc1. The second-order valence-electron chi connectivity index (χ2n) is 6.68. The Morgan fingerprint density at radius 3 is 2.30 bits per heavy atom. The largest absolute Gasteiger partial charge is 0.497 e. The van der Waals surface area contributed by atoms with Crippen molar-refractivity contribution in [2.24, 2.45) is 5.92 Å². The van der Waals surface area contributed by atoms with E-state index >= 15 is 0 Å². The van der Waals surface area contributed by atoms with Crippen LogP contribution in [0.25, 0.3) is 0 Å². The molecule has 0 spiro atoms. The van der Waals surface area contributed by atoms with E-state index in [1.165, 1.54) is 12.1 Å². The molecular formula is C21H23FN2O3. The van der Waals surface area contributed by atoms with Gasteiger partial charge < -0.3 is 15.0 Å². The third-order valence-corrected chi connectivity index (χ3v) is 4.84. The van der Waals surface area contributed by atoms with Crippen LogP contribution in [0, 0.1) is 11.7 Å². The molecule has 1 heterocycles. The van der Waals surface area contributed by atoms with Crippen molar-refractivity contribution in [2.75, 3.05) is 25.5 Å². The molecular weight excluding hydrogens is 347 g/mol. The molecule has 0 bridgehead atoms. The van der Waals surface area contributed by atoms with Crippen LogP contribution in [0.2, 0.25) is 0 Å². The van der Waals surface area contributed by atoms with Gasteiger partial charge in [-0.2, -0.15) is 0 Å². The number of methoxy groups -OCH3 is 1. The fourth-order valence-corrected chi connectivity index (χ4v) is 3.20. The van der Waals surface area contributed by atoms with Crippen LogP contribution in [0.5, 0.6) is 5.75 Å². The molecule has 1 aliphatic rings. The van der Waals surface area contributed by atoms with Crippen molar-refractivity contribution in [3.05, 3.63) is 59.9 Å². The van der Waals surface area contributed by atoms with Crippen molar-refractivity contribution in [1.29, 1.82) is 0 Å². The summed E-state index contributed by atoms with van der Waals surface area (Å²) in [6.45, 7) is 1.13. The van der Waals surface area contributed by atoms with Crippen LogP contribution in [-0.4, -0.2) is 36.9 Å². The number of halogens is 1. The van der Waals surface area contributed by atoms with Crippen molar-refractivity contribution >= 4 is 17.5 Å². The highest BCUT2D eigenvalue weighted by atomic mass is 19.1.